The van der Waals surface area contributed by atoms with Crippen LogP contribution in [0.15, 0.2) is 12.7 Å². The molecule has 0 saturated carbocycles. The molecule has 0 unspecified atom stereocenters. The predicted molar refractivity (Wildman–Crippen MR) is 38.2 cm³/mol. The summed E-state index contributed by atoms with van der Waals surface area (Å²) in [5, 5.41) is 0. The first kappa shape index (κ1) is 8.88. The Hall–Kier alpha value is -1.12. The summed E-state index contributed by atoms with van der Waals surface area (Å²) in [6.45, 7) is 3.29. The molecule has 0 atom stereocenters. The highest BCUT2D eigenvalue weighted by Crippen LogP contribution is 1.95. The van der Waals surface area contributed by atoms with Gasteiger partial charge in [0.1, 0.15) is 0 Å². The first-order valence-electron chi connectivity index (χ1n) is 3.10. The lowest BCUT2D eigenvalue weighted by molar-refractivity contribution is -0.118. The fourth-order valence-corrected chi connectivity index (χ4v) is 0.539. The van der Waals surface area contributed by atoms with E-state index >= 15 is 0 Å². The van der Waals surface area contributed by atoms with Crippen LogP contribution >= 0.6 is 0 Å². The van der Waals surface area contributed by atoms with Crippen LogP contribution in [-0.2, 0) is 9.59 Å². The first-order chi connectivity index (χ1) is 4.66. The quantitative estimate of drug-likeness (QED) is 0.563. The maximum Gasteiger partial charge on any atom is 0.217 e. The Balaban J connectivity index is 3.28. The number of carbonyl (C=O) groups excluding carboxylic acids is 2. The van der Waals surface area contributed by atoms with Crippen molar-refractivity contribution in [2.24, 2.45) is 5.73 Å². The number of primary amides is 1. The van der Waals surface area contributed by atoms with Crippen LogP contribution in [0.5, 0.6) is 0 Å². The van der Waals surface area contributed by atoms with Crippen LogP contribution in [-0.4, -0.2) is 11.7 Å². The molecular formula is C7H11NO2. The molecule has 0 aliphatic carbocycles. The standard InChI is InChI=1S/C7H11NO2/c1-2-6(9)4-3-5-7(8)10/h2H,1,3-5H2,(H2,8,10). The molecule has 2 N–H and O–H groups in total. The Kier molecular flexibility index (Phi) is 4.20. The minimum absolute atomic E-state index is 0.0405. The SMILES string of the molecule is C=CC(=O)CCCC(N)=O. The van der Waals surface area contributed by atoms with Gasteiger partial charge in [0.2, 0.25) is 5.91 Å². The fourth-order valence-electron chi connectivity index (χ4n) is 0.539. The molecule has 0 rings (SSSR count). The smallest absolute Gasteiger partial charge is 0.217 e. The van der Waals surface area contributed by atoms with Crippen LogP contribution in [0.1, 0.15) is 19.3 Å². The minimum atomic E-state index is -0.364. The van der Waals surface area contributed by atoms with E-state index in [1.807, 2.05) is 0 Å². The minimum Gasteiger partial charge on any atom is -0.370 e. The zero-order valence-corrected chi connectivity index (χ0v) is 5.80. The molecule has 0 radical (unpaired) electrons. The molecule has 56 valence electrons. The second kappa shape index (κ2) is 4.73. The number of nitrogens with two attached hydrogens (primary N) is 1. The molecule has 3 heteroatoms. The van der Waals surface area contributed by atoms with Crippen LogP contribution in [0.3, 0.4) is 0 Å². The second-order valence-electron chi connectivity index (χ2n) is 1.99. The zero-order valence-electron chi connectivity index (χ0n) is 5.80. The third-order valence-electron chi connectivity index (χ3n) is 1.07. The highest BCUT2D eigenvalue weighted by Gasteiger charge is 1.97. The molecule has 3 nitrogen and oxygen atoms in total. The number of rotatable bonds is 5. The summed E-state index contributed by atoms with van der Waals surface area (Å²) in [5.41, 5.74) is 4.84. The molecular weight excluding hydrogens is 130 g/mol. The molecule has 0 aromatic carbocycles. The van der Waals surface area contributed by atoms with Gasteiger partial charge in [-0.15, -0.1) is 0 Å². The third kappa shape index (κ3) is 5.03. The average molecular weight is 141 g/mol. The van der Waals surface area contributed by atoms with E-state index in [9.17, 15) is 9.59 Å². The largest absolute Gasteiger partial charge is 0.370 e. The van der Waals surface area contributed by atoms with Crippen molar-refractivity contribution in [2.75, 3.05) is 0 Å². The van der Waals surface area contributed by atoms with Crippen molar-refractivity contribution in [3.05, 3.63) is 12.7 Å². The van der Waals surface area contributed by atoms with Crippen molar-refractivity contribution in [3.63, 3.8) is 0 Å². The number of hydrogen-bond acceptors (Lipinski definition) is 2. The van der Waals surface area contributed by atoms with Crippen molar-refractivity contribution >= 4 is 11.7 Å². The Labute approximate surface area is 59.9 Å². The van der Waals surface area contributed by atoms with Gasteiger partial charge in [-0.3, -0.25) is 9.59 Å². The number of carbonyl (C=O) groups is 2. The van der Waals surface area contributed by atoms with Gasteiger partial charge in [-0.25, -0.2) is 0 Å². The van der Waals surface area contributed by atoms with Gasteiger partial charge in [0.05, 0.1) is 0 Å². The summed E-state index contributed by atoms with van der Waals surface area (Å²) < 4.78 is 0. The molecule has 0 aromatic heterocycles. The van der Waals surface area contributed by atoms with Crippen LogP contribution in [0.4, 0.5) is 0 Å². The van der Waals surface area contributed by atoms with Gasteiger partial charge in [-0.05, 0) is 12.5 Å². The number of ketones is 1. The summed E-state index contributed by atoms with van der Waals surface area (Å²) in [6, 6.07) is 0. The molecule has 1 amide bonds. The fraction of sp³-hybridized carbons (Fsp3) is 0.429. The van der Waals surface area contributed by atoms with Crippen molar-refractivity contribution < 1.29 is 9.59 Å². The first-order valence-corrected chi connectivity index (χ1v) is 3.10. The van der Waals surface area contributed by atoms with E-state index in [0.29, 0.717) is 12.8 Å². The molecule has 0 spiro atoms. The Bertz CT molecular complexity index is 152. The monoisotopic (exact) mass is 141 g/mol. The number of hydrogen-bond donors (Lipinski definition) is 1. The lowest BCUT2D eigenvalue weighted by atomic mass is 10.2. The lowest BCUT2D eigenvalue weighted by Crippen LogP contribution is -2.10. The van der Waals surface area contributed by atoms with Crippen LogP contribution in [0.25, 0.3) is 0 Å². The van der Waals surface area contributed by atoms with E-state index in [1.165, 1.54) is 6.08 Å². The Morgan fingerprint density at radius 1 is 1.40 bits per heavy atom. The van der Waals surface area contributed by atoms with Crippen molar-refractivity contribution in [2.45, 2.75) is 19.3 Å². The van der Waals surface area contributed by atoms with E-state index in [2.05, 4.69) is 6.58 Å². The van der Waals surface area contributed by atoms with Gasteiger partial charge >= 0.3 is 0 Å². The summed E-state index contributed by atoms with van der Waals surface area (Å²) in [5.74, 6) is -0.405. The highest BCUT2D eigenvalue weighted by atomic mass is 16.1. The second-order valence-corrected chi connectivity index (χ2v) is 1.99. The topological polar surface area (TPSA) is 60.2 Å². The molecule has 0 bridgehead atoms. The molecule has 10 heavy (non-hydrogen) atoms. The Morgan fingerprint density at radius 3 is 2.40 bits per heavy atom. The van der Waals surface area contributed by atoms with Crippen LogP contribution in [0.2, 0.25) is 0 Å². The molecule has 0 aliphatic heterocycles. The molecule has 0 fully saturated rings. The van der Waals surface area contributed by atoms with Crippen molar-refractivity contribution in [1.82, 2.24) is 0 Å². The maximum atomic E-state index is 10.5. The van der Waals surface area contributed by atoms with Gasteiger partial charge in [0.25, 0.3) is 0 Å². The van der Waals surface area contributed by atoms with E-state index in [0.717, 1.165) is 0 Å². The lowest BCUT2D eigenvalue weighted by Gasteiger charge is -1.91. The number of allylic oxidation sites excluding steroid dienone is 1. The maximum absolute atomic E-state index is 10.5. The van der Waals surface area contributed by atoms with Gasteiger partial charge in [0.15, 0.2) is 5.78 Å². The Morgan fingerprint density at radius 2 is 2.00 bits per heavy atom. The predicted octanol–water partition coefficient (Wildman–Crippen LogP) is 0.397. The molecule has 0 aromatic rings. The van der Waals surface area contributed by atoms with E-state index in [4.69, 9.17) is 5.73 Å². The summed E-state index contributed by atoms with van der Waals surface area (Å²) in [6.07, 6.45) is 2.42. The van der Waals surface area contributed by atoms with Crippen LogP contribution < -0.4 is 5.73 Å². The van der Waals surface area contributed by atoms with Gasteiger partial charge < -0.3 is 5.73 Å². The van der Waals surface area contributed by atoms with Gasteiger partial charge in [-0.1, -0.05) is 6.58 Å². The molecule has 0 heterocycles. The number of amides is 1. The van der Waals surface area contributed by atoms with Crippen molar-refractivity contribution in [1.29, 1.82) is 0 Å². The highest BCUT2D eigenvalue weighted by molar-refractivity contribution is 5.89. The van der Waals surface area contributed by atoms with E-state index in [1.54, 1.807) is 0 Å². The van der Waals surface area contributed by atoms with Gasteiger partial charge in [-0.2, -0.15) is 0 Å². The van der Waals surface area contributed by atoms with Crippen molar-refractivity contribution in [3.8, 4) is 0 Å². The summed E-state index contributed by atoms with van der Waals surface area (Å²) in [4.78, 5) is 20.7. The van der Waals surface area contributed by atoms with Gasteiger partial charge in [0, 0.05) is 12.8 Å². The van der Waals surface area contributed by atoms with Crippen LogP contribution in [0, 0.1) is 0 Å². The normalized spacial score (nSPS) is 8.80. The molecule has 0 saturated heterocycles. The third-order valence-corrected chi connectivity index (χ3v) is 1.07. The van der Waals surface area contributed by atoms with E-state index in [-0.39, 0.29) is 18.1 Å². The molecule has 0 aliphatic rings. The average Bonchev–Trinajstić information content (AvgIpc) is 1.87. The summed E-state index contributed by atoms with van der Waals surface area (Å²) >= 11 is 0. The van der Waals surface area contributed by atoms with E-state index < -0.39 is 0 Å². The zero-order chi connectivity index (χ0) is 7.98. The summed E-state index contributed by atoms with van der Waals surface area (Å²) in [7, 11) is 0.